The van der Waals surface area contributed by atoms with Crippen LogP contribution in [0.4, 0.5) is 4.79 Å². The number of hydrogen-bond donors (Lipinski definition) is 0. The highest BCUT2D eigenvalue weighted by Gasteiger charge is 2.50. The van der Waals surface area contributed by atoms with E-state index in [2.05, 4.69) is 76.2 Å². The first-order valence-electron chi connectivity index (χ1n) is 12.6. The highest BCUT2D eigenvalue weighted by Crippen LogP contribution is 2.38. The lowest BCUT2D eigenvalue weighted by Crippen LogP contribution is -2.67. The van der Waals surface area contributed by atoms with E-state index < -0.39 is 13.9 Å². The second-order valence-electron chi connectivity index (χ2n) is 11.5. The van der Waals surface area contributed by atoms with E-state index in [-0.39, 0.29) is 23.1 Å². The first kappa shape index (κ1) is 27.7. The summed E-state index contributed by atoms with van der Waals surface area (Å²) < 4.78 is 18.6. The van der Waals surface area contributed by atoms with Crippen LogP contribution >= 0.6 is 0 Å². The summed E-state index contributed by atoms with van der Waals surface area (Å²) in [5, 5.41) is 2.32. The predicted octanol–water partition coefficient (Wildman–Crippen LogP) is 6.40. The molecule has 6 heteroatoms. The van der Waals surface area contributed by atoms with Crippen LogP contribution in [0.5, 0.6) is 0 Å². The molecule has 0 N–H and O–H groups in total. The molecular formula is C30H41NO4Si. The summed E-state index contributed by atoms with van der Waals surface area (Å²) in [4.78, 5) is 14.7. The Bertz CT molecular complexity index is 1050. The van der Waals surface area contributed by atoms with Gasteiger partial charge in [-0.1, -0.05) is 88.4 Å². The van der Waals surface area contributed by atoms with E-state index >= 15 is 0 Å². The molecule has 1 heterocycles. The molecule has 1 aromatic heterocycles. The quantitative estimate of drug-likeness (QED) is 0.331. The second kappa shape index (κ2) is 11.1. The minimum Gasteiger partial charge on any atom is -0.467 e. The zero-order valence-corrected chi connectivity index (χ0v) is 23.9. The van der Waals surface area contributed by atoms with E-state index in [1.807, 2.05) is 45.0 Å². The molecule has 2 aromatic carbocycles. The van der Waals surface area contributed by atoms with Gasteiger partial charge in [0.05, 0.1) is 12.3 Å². The fraction of sp³-hybridized carbons (Fsp3) is 0.433. The third-order valence-corrected chi connectivity index (χ3v) is 11.5. The van der Waals surface area contributed by atoms with E-state index in [1.165, 1.54) is 10.4 Å². The Balaban J connectivity index is 1.99. The Labute approximate surface area is 217 Å². The molecule has 0 spiro atoms. The maximum atomic E-state index is 13.0. The number of furan rings is 1. The van der Waals surface area contributed by atoms with Crippen molar-refractivity contribution in [2.45, 2.75) is 65.1 Å². The van der Waals surface area contributed by atoms with Gasteiger partial charge < -0.3 is 18.5 Å². The van der Waals surface area contributed by atoms with Crippen LogP contribution in [0.15, 0.2) is 83.5 Å². The maximum Gasteiger partial charge on any atom is 0.410 e. The Morgan fingerprint density at radius 1 is 0.889 bits per heavy atom. The normalized spacial score (nSPS) is 14.2. The molecule has 36 heavy (non-hydrogen) atoms. The van der Waals surface area contributed by atoms with Gasteiger partial charge in [0, 0.05) is 19.6 Å². The number of ether oxygens (including phenoxy) is 1. The third kappa shape index (κ3) is 6.10. The van der Waals surface area contributed by atoms with E-state index in [4.69, 9.17) is 13.6 Å². The molecule has 0 aliphatic rings. The monoisotopic (exact) mass is 507 g/mol. The summed E-state index contributed by atoms with van der Waals surface area (Å²) in [7, 11) is -0.944. The smallest absolute Gasteiger partial charge is 0.410 e. The van der Waals surface area contributed by atoms with Crippen molar-refractivity contribution in [3.05, 3.63) is 84.8 Å². The molecule has 3 rings (SSSR count). The molecular weight excluding hydrogens is 466 g/mol. The minimum absolute atomic E-state index is 0.0599. The van der Waals surface area contributed by atoms with Crippen LogP contribution < -0.4 is 10.4 Å². The first-order valence-corrected chi connectivity index (χ1v) is 14.5. The SMILES string of the molecule is C[C@H](CO[Si](c1ccccc1)(c1ccccc1)C(C)(C)C)[C@@H](c1ccco1)N(C)C(=O)OC(C)(C)C. The molecule has 1 amide bonds. The molecule has 0 unspecified atom stereocenters. The van der Waals surface area contributed by atoms with E-state index in [0.29, 0.717) is 12.4 Å². The number of benzene rings is 2. The molecule has 0 aliphatic heterocycles. The Kier molecular flexibility index (Phi) is 8.52. The van der Waals surface area contributed by atoms with Crippen LogP contribution in [0.1, 0.15) is 60.3 Å². The van der Waals surface area contributed by atoms with Gasteiger partial charge >= 0.3 is 6.09 Å². The van der Waals surface area contributed by atoms with Gasteiger partial charge in [0.1, 0.15) is 11.4 Å². The van der Waals surface area contributed by atoms with Gasteiger partial charge in [-0.05, 0) is 48.3 Å². The minimum atomic E-state index is -2.71. The van der Waals surface area contributed by atoms with Gasteiger partial charge in [-0.2, -0.15) is 0 Å². The van der Waals surface area contributed by atoms with Crippen LogP contribution in [0.3, 0.4) is 0 Å². The number of rotatable bonds is 8. The molecule has 0 saturated heterocycles. The van der Waals surface area contributed by atoms with Crippen LogP contribution in [0.25, 0.3) is 0 Å². The van der Waals surface area contributed by atoms with Crippen molar-refractivity contribution in [1.29, 1.82) is 0 Å². The van der Waals surface area contributed by atoms with Crippen LogP contribution in [0, 0.1) is 5.92 Å². The summed E-state index contributed by atoms with van der Waals surface area (Å²) in [6.07, 6.45) is 1.25. The zero-order valence-electron chi connectivity index (χ0n) is 22.9. The van der Waals surface area contributed by atoms with Crippen molar-refractivity contribution in [3.8, 4) is 0 Å². The topological polar surface area (TPSA) is 51.9 Å². The van der Waals surface area contributed by atoms with Gasteiger partial charge in [0.2, 0.25) is 0 Å². The molecule has 0 fully saturated rings. The largest absolute Gasteiger partial charge is 0.467 e. The molecule has 0 radical (unpaired) electrons. The van der Waals surface area contributed by atoms with Crippen LogP contribution in [-0.4, -0.2) is 38.6 Å². The number of carbonyl (C=O) groups is 1. The lowest BCUT2D eigenvalue weighted by atomic mass is 9.99. The molecule has 0 saturated carbocycles. The van der Waals surface area contributed by atoms with E-state index in [9.17, 15) is 4.79 Å². The van der Waals surface area contributed by atoms with E-state index in [1.54, 1.807) is 18.2 Å². The average Bonchev–Trinajstić information content (AvgIpc) is 3.33. The Morgan fingerprint density at radius 2 is 1.42 bits per heavy atom. The lowest BCUT2D eigenvalue weighted by Gasteiger charge is -2.44. The molecule has 3 aromatic rings. The fourth-order valence-electron chi connectivity index (χ4n) is 4.87. The summed E-state index contributed by atoms with van der Waals surface area (Å²) in [5.41, 5.74) is -0.590. The van der Waals surface area contributed by atoms with Crippen molar-refractivity contribution in [3.63, 3.8) is 0 Å². The van der Waals surface area contributed by atoms with Crippen molar-refractivity contribution >= 4 is 24.8 Å². The standard InChI is InChI=1S/C30H41NO4Si/c1-23(27(26-20-15-21-33-26)31(8)28(32)35-29(2,3)4)22-34-36(30(5,6)7,24-16-11-9-12-17-24)25-18-13-10-14-19-25/h9-21,23,27H,22H2,1-8H3/t23-,27+/m1/s1. The fourth-order valence-corrected chi connectivity index (χ4v) is 9.54. The van der Waals surface area contributed by atoms with Crippen molar-refractivity contribution in [1.82, 2.24) is 4.90 Å². The summed E-state index contributed by atoms with van der Waals surface area (Å²) >= 11 is 0. The van der Waals surface area contributed by atoms with Gasteiger partial charge in [-0.15, -0.1) is 0 Å². The van der Waals surface area contributed by atoms with Crippen LogP contribution in [0.2, 0.25) is 5.04 Å². The summed E-state index contributed by atoms with van der Waals surface area (Å²) in [6, 6.07) is 24.6. The highest BCUT2D eigenvalue weighted by molar-refractivity contribution is 6.99. The molecule has 194 valence electrons. The summed E-state index contributed by atoms with van der Waals surface area (Å²) in [6.45, 7) is 15.0. The lowest BCUT2D eigenvalue weighted by molar-refractivity contribution is 0.0110. The van der Waals surface area contributed by atoms with Gasteiger partial charge in [-0.3, -0.25) is 0 Å². The zero-order chi connectivity index (χ0) is 26.6. The molecule has 0 aliphatic carbocycles. The van der Waals surface area contributed by atoms with Crippen LogP contribution in [-0.2, 0) is 9.16 Å². The number of hydrogen-bond acceptors (Lipinski definition) is 4. The predicted molar refractivity (Wildman–Crippen MR) is 148 cm³/mol. The maximum absolute atomic E-state index is 13.0. The van der Waals surface area contributed by atoms with Gasteiger partial charge in [-0.25, -0.2) is 4.79 Å². The summed E-state index contributed by atoms with van der Waals surface area (Å²) in [5.74, 6) is 0.650. The number of nitrogens with zero attached hydrogens (tertiary/aromatic N) is 1. The second-order valence-corrected chi connectivity index (χ2v) is 15.8. The Morgan fingerprint density at radius 3 is 1.83 bits per heavy atom. The van der Waals surface area contributed by atoms with Crippen molar-refractivity contribution in [2.75, 3.05) is 13.7 Å². The molecule has 0 bridgehead atoms. The van der Waals surface area contributed by atoms with Crippen molar-refractivity contribution < 1.29 is 18.4 Å². The first-order chi connectivity index (χ1) is 16.9. The van der Waals surface area contributed by atoms with Crippen molar-refractivity contribution in [2.24, 2.45) is 5.92 Å². The average molecular weight is 508 g/mol. The molecule has 5 nitrogen and oxygen atoms in total. The number of carbonyl (C=O) groups excluding carboxylic acids is 1. The highest BCUT2D eigenvalue weighted by atomic mass is 28.4. The Hall–Kier alpha value is -2.83. The van der Waals surface area contributed by atoms with Gasteiger partial charge in [0.25, 0.3) is 8.32 Å². The molecule has 2 atom stereocenters. The van der Waals surface area contributed by atoms with E-state index in [0.717, 1.165) is 0 Å². The number of amides is 1. The third-order valence-electron chi connectivity index (χ3n) is 6.45. The van der Waals surface area contributed by atoms with Gasteiger partial charge in [0.15, 0.2) is 0 Å².